The van der Waals surface area contributed by atoms with Crippen LogP contribution in [0.1, 0.15) is 18.1 Å². The molecular weight excluding hydrogens is 356 g/mol. The lowest BCUT2D eigenvalue weighted by Gasteiger charge is -2.09. The molecule has 0 saturated heterocycles. The number of hydrogen-bond donors (Lipinski definition) is 1. The molecule has 0 heterocycles. The maximum absolute atomic E-state index is 11.1. The van der Waals surface area contributed by atoms with Crippen molar-refractivity contribution < 1.29 is 19.0 Å². The van der Waals surface area contributed by atoms with Gasteiger partial charge in [-0.3, -0.25) is 0 Å². The van der Waals surface area contributed by atoms with Crippen molar-refractivity contribution >= 4 is 23.9 Å². The third-order valence-corrected chi connectivity index (χ3v) is 3.68. The fraction of sp³-hybridized carbons (Fsp3) is 0.263. The lowest BCUT2D eigenvalue weighted by molar-refractivity contribution is 0.152. The summed E-state index contributed by atoms with van der Waals surface area (Å²) in [5.41, 5.74) is 4.02. The molecule has 26 heavy (non-hydrogen) atoms. The van der Waals surface area contributed by atoms with Crippen LogP contribution in [0.3, 0.4) is 0 Å². The van der Waals surface area contributed by atoms with Crippen LogP contribution in [0.4, 0.5) is 4.79 Å². The van der Waals surface area contributed by atoms with E-state index >= 15 is 0 Å². The Morgan fingerprint density at radius 2 is 1.88 bits per heavy atom. The van der Waals surface area contributed by atoms with E-state index in [4.69, 9.17) is 25.8 Å². The molecule has 0 fully saturated rings. The number of hydrogen-bond acceptors (Lipinski definition) is 5. The first-order valence-electron chi connectivity index (χ1n) is 8.16. The van der Waals surface area contributed by atoms with Crippen molar-refractivity contribution in [2.24, 2.45) is 5.10 Å². The van der Waals surface area contributed by atoms with Gasteiger partial charge < -0.3 is 14.2 Å². The van der Waals surface area contributed by atoms with Gasteiger partial charge in [-0.2, -0.15) is 5.10 Å². The van der Waals surface area contributed by atoms with Crippen LogP contribution >= 0.6 is 11.6 Å². The number of rotatable bonds is 8. The second kappa shape index (κ2) is 10.3. The van der Waals surface area contributed by atoms with Gasteiger partial charge in [0.05, 0.1) is 12.8 Å². The summed E-state index contributed by atoms with van der Waals surface area (Å²) in [6, 6.07) is 12.8. The van der Waals surface area contributed by atoms with Crippen molar-refractivity contribution in [2.75, 3.05) is 19.8 Å². The van der Waals surface area contributed by atoms with Crippen LogP contribution in [0.25, 0.3) is 0 Å². The number of ether oxygens (including phenoxy) is 3. The molecule has 0 aliphatic heterocycles. The van der Waals surface area contributed by atoms with Gasteiger partial charge in [0.2, 0.25) is 0 Å². The zero-order valence-electron chi connectivity index (χ0n) is 14.7. The summed E-state index contributed by atoms with van der Waals surface area (Å²) < 4.78 is 16.0. The molecule has 0 unspecified atom stereocenters. The van der Waals surface area contributed by atoms with Crippen molar-refractivity contribution in [1.82, 2.24) is 5.43 Å². The monoisotopic (exact) mass is 376 g/mol. The summed E-state index contributed by atoms with van der Waals surface area (Å²) in [5, 5.41) is 4.52. The highest BCUT2D eigenvalue weighted by Crippen LogP contribution is 2.21. The maximum atomic E-state index is 11.1. The summed E-state index contributed by atoms with van der Waals surface area (Å²) in [4.78, 5) is 11.1. The van der Waals surface area contributed by atoms with Gasteiger partial charge in [-0.15, -0.1) is 0 Å². The van der Waals surface area contributed by atoms with Crippen LogP contribution in [0.5, 0.6) is 11.5 Å². The molecule has 0 saturated carbocycles. The highest BCUT2D eigenvalue weighted by atomic mass is 35.5. The standard InChI is InChI=1S/C19H21ClN2O4/c1-3-24-19(23)22-21-13-15-5-4-6-16(12-15)25-9-10-26-17-7-8-18(20)14(2)11-17/h4-8,11-13H,3,9-10H2,1-2H3,(H,22,23)/b21-13+. The minimum atomic E-state index is -0.592. The number of nitrogens with one attached hydrogen (secondary N) is 1. The highest BCUT2D eigenvalue weighted by molar-refractivity contribution is 6.31. The Kier molecular flexibility index (Phi) is 7.76. The average molecular weight is 377 g/mol. The van der Waals surface area contributed by atoms with Gasteiger partial charge in [-0.05, 0) is 55.3 Å². The van der Waals surface area contributed by atoms with Crippen LogP contribution in [0.2, 0.25) is 5.02 Å². The quantitative estimate of drug-likeness (QED) is 0.426. The molecule has 0 radical (unpaired) electrons. The van der Waals surface area contributed by atoms with E-state index in [9.17, 15) is 4.79 Å². The number of aryl methyl sites for hydroxylation is 1. The van der Waals surface area contributed by atoms with E-state index in [1.54, 1.807) is 13.0 Å². The van der Waals surface area contributed by atoms with E-state index in [0.29, 0.717) is 30.6 Å². The Hall–Kier alpha value is -2.73. The van der Waals surface area contributed by atoms with Gasteiger partial charge in [0.15, 0.2) is 0 Å². The lowest BCUT2D eigenvalue weighted by Crippen LogP contribution is -2.18. The van der Waals surface area contributed by atoms with Crippen LogP contribution < -0.4 is 14.9 Å². The molecule has 7 heteroatoms. The molecule has 0 bridgehead atoms. The van der Waals surface area contributed by atoms with E-state index in [-0.39, 0.29) is 0 Å². The summed E-state index contributed by atoms with van der Waals surface area (Å²) in [6.07, 6.45) is 0.919. The van der Waals surface area contributed by atoms with Crippen LogP contribution in [-0.2, 0) is 4.74 Å². The van der Waals surface area contributed by atoms with Crippen LogP contribution in [-0.4, -0.2) is 32.1 Å². The minimum Gasteiger partial charge on any atom is -0.490 e. The first kappa shape index (κ1) is 19.6. The molecular formula is C19H21ClN2O4. The summed E-state index contributed by atoms with van der Waals surface area (Å²) >= 11 is 5.98. The topological polar surface area (TPSA) is 69.2 Å². The Morgan fingerprint density at radius 3 is 2.58 bits per heavy atom. The molecule has 0 atom stereocenters. The number of carbonyl (C=O) groups excluding carboxylic acids is 1. The third kappa shape index (κ3) is 6.64. The van der Waals surface area contributed by atoms with Crippen LogP contribution in [0, 0.1) is 6.92 Å². The van der Waals surface area contributed by atoms with Crippen molar-refractivity contribution in [3.05, 3.63) is 58.6 Å². The number of halogens is 1. The SMILES string of the molecule is CCOC(=O)N/N=C/c1cccc(OCCOc2ccc(Cl)c(C)c2)c1. The van der Waals surface area contributed by atoms with E-state index in [2.05, 4.69) is 10.5 Å². The van der Waals surface area contributed by atoms with Gasteiger partial charge >= 0.3 is 6.09 Å². The Bertz CT molecular complexity index is 765. The average Bonchev–Trinajstić information content (AvgIpc) is 2.62. The molecule has 0 aliphatic rings. The van der Waals surface area contributed by atoms with E-state index in [1.165, 1.54) is 6.21 Å². The van der Waals surface area contributed by atoms with Gasteiger partial charge in [0, 0.05) is 5.02 Å². The highest BCUT2D eigenvalue weighted by Gasteiger charge is 2.00. The molecule has 1 amide bonds. The van der Waals surface area contributed by atoms with Gasteiger partial charge in [-0.1, -0.05) is 23.7 Å². The fourth-order valence-electron chi connectivity index (χ4n) is 2.03. The smallest absolute Gasteiger partial charge is 0.427 e. The molecule has 0 aromatic heterocycles. The zero-order valence-corrected chi connectivity index (χ0v) is 15.5. The molecule has 1 N–H and O–H groups in total. The first-order chi connectivity index (χ1) is 12.6. The van der Waals surface area contributed by atoms with Crippen molar-refractivity contribution in [1.29, 1.82) is 0 Å². The lowest BCUT2D eigenvalue weighted by atomic mass is 10.2. The fourth-order valence-corrected chi connectivity index (χ4v) is 2.15. The number of benzene rings is 2. The van der Waals surface area contributed by atoms with Gasteiger partial charge in [0.1, 0.15) is 24.7 Å². The molecule has 0 aliphatic carbocycles. The van der Waals surface area contributed by atoms with Crippen molar-refractivity contribution in [3.8, 4) is 11.5 Å². The van der Waals surface area contributed by atoms with Crippen molar-refractivity contribution in [2.45, 2.75) is 13.8 Å². The molecule has 2 aromatic carbocycles. The Morgan fingerprint density at radius 1 is 1.15 bits per heavy atom. The Balaban J connectivity index is 1.78. The second-order valence-electron chi connectivity index (χ2n) is 5.27. The predicted octanol–water partition coefficient (Wildman–Crippen LogP) is 4.19. The van der Waals surface area contributed by atoms with E-state index in [0.717, 1.165) is 16.9 Å². The van der Waals surface area contributed by atoms with E-state index < -0.39 is 6.09 Å². The molecule has 0 spiro atoms. The third-order valence-electron chi connectivity index (χ3n) is 3.25. The number of hydrazone groups is 1. The van der Waals surface area contributed by atoms with Gasteiger partial charge in [0.25, 0.3) is 0 Å². The van der Waals surface area contributed by atoms with E-state index in [1.807, 2.05) is 43.3 Å². The summed E-state index contributed by atoms with van der Waals surface area (Å²) in [7, 11) is 0. The maximum Gasteiger partial charge on any atom is 0.427 e. The summed E-state index contributed by atoms with van der Waals surface area (Å²) in [6.45, 7) is 4.74. The van der Waals surface area contributed by atoms with Gasteiger partial charge in [-0.25, -0.2) is 10.2 Å². The first-order valence-corrected chi connectivity index (χ1v) is 8.54. The minimum absolute atomic E-state index is 0.294. The summed E-state index contributed by atoms with van der Waals surface area (Å²) in [5.74, 6) is 1.43. The second-order valence-corrected chi connectivity index (χ2v) is 5.68. The Labute approximate surface area is 157 Å². The van der Waals surface area contributed by atoms with Crippen molar-refractivity contribution in [3.63, 3.8) is 0 Å². The normalized spacial score (nSPS) is 10.6. The molecule has 2 rings (SSSR count). The molecule has 6 nitrogen and oxygen atoms in total. The number of nitrogens with zero attached hydrogens (tertiary/aromatic N) is 1. The molecule has 2 aromatic rings. The van der Waals surface area contributed by atoms with Crippen LogP contribution in [0.15, 0.2) is 47.6 Å². The number of carbonyl (C=O) groups is 1. The predicted molar refractivity (Wildman–Crippen MR) is 101 cm³/mol. The largest absolute Gasteiger partial charge is 0.490 e. The molecule has 138 valence electrons. The zero-order chi connectivity index (χ0) is 18.8. The number of amides is 1.